The Balaban J connectivity index is 1.67. The average Bonchev–Trinajstić information content (AvgIpc) is 2.70. The number of benzene rings is 2. The first kappa shape index (κ1) is 19.6. The maximum absolute atomic E-state index is 12.3. The monoisotopic (exact) mass is 379 g/mol. The fraction of sp³-hybridized carbons (Fsp3) is 0.318. The molecule has 1 heterocycles. The molecule has 0 aromatic heterocycles. The first-order chi connectivity index (χ1) is 13.5. The van der Waals surface area contributed by atoms with Gasteiger partial charge in [0.1, 0.15) is 0 Å². The number of nitrogens with zero attached hydrogens (tertiary/aromatic N) is 1. The average molecular weight is 379 g/mol. The Kier molecular flexibility index (Phi) is 6.09. The quantitative estimate of drug-likeness (QED) is 0.800. The highest BCUT2D eigenvalue weighted by Gasteiger charge is 2.22. The van der Waals surface area contributed by atoms with Crippen LogP contribution in [-0.4, -0.2) is 24.3 Å². The number of rotatable bonds is 4. The fourth-order valence-electron chi connectivity index (χ4n) is 3.31. The molecule has 0 saturated carbocycles. The van der Waals surface area contributed by atoms with Crippen molar-refractivity contribution >= 4 is 29.1 Å². The first-order valence-electron chi connectivity index (χ1n) is 9.53. The SMILES string of the molecule is Cc1ccc(NC(=O)C(=O)NC(C)c2ccccc2)cc1N1CCCCC1=O. The van der Waals surface area contributed by atoms with Crippen LogP contribution in [0.15, 0.2) is 48.5 Å². The summed E-state index contributed by atoms with van der Waals surface area (Å²) < 4.78 is 0. The van der Waals surface area contributed by atoms with Crippen molar-refractivity contribution in [3.05, 3.63) is 59.7 Å². The topological polar surface area (TPSA) is 78.5 Å². The lowest BCUT2D eigenvalue weighted by atomic mass is 10.1. The predicted octanol–water partition coefficient (Wildman–Crippen LogP) is 3.33. The van der Waals surface area contributed by atoms with Crippen LogP contribution < -0.4 is 15.5 Å². The second-order valence-corrected chi connectivity index (χ2v) is 7.06. The number of amides is 3. The molecule has 2 aromatic carbocycles. The van der Waals surface area contributed by atoms with E-state index in [0.717, 1.165) is 29.7 Å². The van der Waals surface area contributed by atoms with Gasteiger partial charge in [-0.1, -0.05) is 36.4 Å². The zero-order valence-corrected chi connectivity index (χ0v) is 16.2. The zero-order chi connectivity index (χ0) is 20.1. The van der Waals surface area contributed by atoms with E-state index in [1.807, 2.05) is 50.2 Å². The van der Waals surface area contributed by atoms with Crippen molar-refractivity contribution in [3.8, 4) is 0 Å². The van der Waals surface area contributed by atoms with Crippen molar-refractivity contribution in [1.82, 2.24) is 5.32 Å². The first-order valence-corrected chi connectivity index (χ1v) is 9.53. The van der Waals surface area contributed by atoms with Crippen LogP contribution in [0, 0.1) is 6.92 Å². The van der Waals surface area contributed by atoms with Crippen LogP contribution in [0.2, 0.25) is 0 Å². The van der Waals surface area contributed by atoms with E-state index in [2.05, 4.69) is 10.6 Å². The number of nitrogens with one attached hydrogen (secondary N) is 2. The summed E-state index contributed by atoms with van der Waals surface area (Å²) in [5, 5.41) is 5.33. The standard InChI is InChI=1S/C22H25N3O3/c1-15-11-12-18(14-19(15)25-13-7-6-10-20(25)26)24-22(28)21(27)23-16(2)17-8-4-3-5-9-17/h3-5,8-9,11-12,14,16H,6-7,10,13H2,1-2H3,(H,23,27)(H,24,28). The van der Waals surface area contributed by atoms with Crippen molar-refractivity contribution in [2.75, 3.05) is 16.8 Å². The van der Waals surface area contributed by atoms with Gasteiger partial charge in [0, 0.05) is 24.3 Å². The van der Waals surface area contributed by atoms with Gasteiger partial charge in [-0.05, 0) is 49.9 Å². The molecule has 6 heteroatoms. The van der Waals surface area contributed by atoms with E-state index in [1.165, 1.54) is 0 Å². The molecule has 2 N–H and O–H groups in total. The van der Waals surface area contributed by atoms with Crippen molar-refractivity contribution in [1.29, 1.82) is 0 Å². The van der Waals surface area contributed by atoms with Gasteiger partial charge in [0.05, 0.1) is 6.04 Å². The molecule has 2 aromatic rings. The Morgan fingerprint density at radius 1 is 1.04 bits per heavy atom. The lowest BCUT2D eigenvalue weighted by Gasteiger charge is -2.28. The van der Waals surface area contributed by atoms with Crippen molar-refractivity contribution in [2.24, 2.45) is 0 Å². The van der Waals surface area contributed by atoms with Gasteiger partial charge in [-0.15, -0.1) is 0 Å². The molecule has 1 saturated heterocycles. The van der Waals surface area contributed by atoms with Gasteiger partial charge in [0.2, 0.25) is 5.91 Å². The van der Waals surface area contributed by atoms with Crippen LogP contribution >= 0.6 is 0 Å². The predicted molar refractivity (Wildman–Crippen MR) is 109 cm³/mol. The van der Waals surface area contributed by atoms with Crippen LogP contribution in [0.1, 0.15) is 43.4 Å². The van der Waals surface area contributed by atoms with Crippen molar-refractivity contribution in [3.63, 3.8) is 0 Å². The van der Waals surface area contributed by atoms with E-state index in [9.17, 15) is 14.4 Å². The molecule has 0 radical (unpaired) electrons. The molecule has 1 fully saturated rings. The van der Waals surface area contributed by atoms with Gasteiger partial charge < -0.3 is 15.5 Å². The maximum Gasteiger partial charge on any atom is 0.313 e. The number of anilines is 2. The minimum atomic E-state index is -0.734. The number of hydrogen-bond acceptors (Lipinski definition) is 3. The number of aryl methyl sites for hydroxylation is 1. The van der Waals surface area contributed by atoms with Crippen LogP contribution in [0.3, 0.4) is 0 Å². The largest absolute Gasteiger partial charge is 0.341 e. The normalized spacial score (nSPS) is 15.1. The fourth-order valence-corrected chi connectivity index (χ4v) is 3.31. The molecule has 3 rings (SSSR count). The smallest absolute Gasteiger partial charge is 0.313 e. The lowest BCUT2D eigenvalue weighted by molar-refractivity contribution is -0.136. The molecule has 0 aliphatic carbocycles. The maximum atomic E-state index is 12.3. The molecule has 1 unspecified atom stereocenters. The highest BCUT2D eigenvalue weighted by molar-refractivity contribution is 6.39. The molecule has 0 bridgehead atoms. The van der Waals surface area contributed by atoms with Gasteiger partial charge in [-0.3, -0.25) is 14.4 Å². The minimum Gasteiger partial charge on any atom is -0.341 e. The van der Waals surface area contributed by atoms with Gasteiger partial charge >= 0.3 is 11.8 Å². The molecule has 146 valence electrons. The van der Waals surface area contributed by atoms with Crippen LogP contribution in [0.4, 0.5) is 11.4 Å². The Morgan fingerprint density at radius 2 is 1.79 bits per heavy atom. The molecule has 28 heavy (non-hydrogen) atoms. The summed E-state index contributed by atoms with van der Waals surface area (Å²) >= 11 is 0. The van der Waals surface area contributed by atoms with E-state index in [0.29, 0.717) is 18.7 Å². The third-order valence-corrected chi connectivity index (χ3v) is 4.93. The summed E-state index contributed by atoms with van der Waals surface area (Å²) in [4.78, 5) is 38.5. The van der Waals surface area contributed by atoms with Gasteiger partial charge in [0.15, 0.2) is 0 Å². The van der Waals surface area contributed by atoms with E-state index in [1.54, 1.807) is 17.0 Å². The van der Waals surface area contributed by atoms with E-state index in [-0.39, 0.29) is 11.9 Å². The van der Waals surface area contributed by atoms with Gasteiger partial charge in [-0.25, -0.2) is 0 Å². The highest BCUT2D eigenvalue weighted by atomic mass is 16.2. The summed E-state index contributed by atoms with van der Waals surface area (Å²) in [6.45, 7) is 4.43. The van der Waals surface area contributed by atoms with Gasteiger partial charge in [-0.2, -0.15) is 0 Å². The Bertz CT molecular complexity index is 880. The summed E-state index contributed by atoms with van der Waals surface area (Å²) in [6.07, 6.45) is 2.40. The second kappa shape index (κ2) is 8.69. The summed E-state index contributed by atoms with van der Waals surface area (Å²) in [7, 11) is 0. The summed E-state index contributed by atoms with van der Waals surface area (Å²) in [5.74, 6) is -1.35. The van der Waals surface area contributed by atoms with E-state index >= 15 is 0 Å². The van der Waals surface area contributed by atoms with Crippen molar-refractivity contribution < 1.29 is 14.4 Å². The molecule has 0 spiro atoms. The molecule has 1 atom stereocenters. The summed E-state index contributed by atoms with van der Waals surface area (Å²) in [6, 6.07) is 14.5. The number of hydrogen-bond donors (Lipinski definition) is 2. The molecule has 1 aliphatic heterocycles. The molecular formula is C22H25N3O3. The van der Waals surface area contributed by atoms with Crippen LogP contribution in [0.25, 0.3) is 0 Å². The molecule has 3 amide bonds. The third kappa shape index (κ3) is 4.57. The zero-order valence-electron chi connectivity index (χ0n) is 16.2. The molecular weight excluding hydrogens is 354 g/mol. The lowest BCUT2D eigenvalue weighted by Crippen LogP contribution is -2.37. The Labute approximate surface area is 164 Å². The second-order valence-electron chi connectivity index (χ2n) is 7.06. The van der Waals surface area contributed by atoms with Crippen LogP contribution in [-0.2, 0) is 14.4 Å². The summed E-state index contributed by atoms with van der Waals surface area (Å²) in [5.41, 5.74) is 3.15. The van der Waals surface area contributed by atoms with Crippen LogP contribution in [0.5, 0.6) is 0 Å². The third-order valence-electron chi connectivity index (χ3n) is 4.93. The molecule has 1 aliphatic rings. The number of carbonyl (C=O) groups excluding carboxylic acids is 3. The highest BCUT2D eigenvalue weighted by Crippen LogP contribution is 2.27. The number of carbonyl (C=O) groups is 3. The van der Waals surface area contributed by atoms with Gasteiger partial charge in [0.25, 0.3) is 0 Å². The minimum absolute atomic E-state index is 0.0901. The molecule has 6 nitrogen and oxygen atoms in total. The Morgan fingerprint density at radius 3 is 2.50 bits per heavy atom. The van der Waals surface area contributed by atoms with Crippen molar-refractivity contribution in [2.45, 2.75) is 39.2 Å². The van der Waals surface area contributed by atoms with E-state index in [4.69, 9.17) is 0 Å². The number of piperidine rings is 1. The Hall–Kier alpha value is -3.15. The van der Waals surface area contributed by atoms with E-state index < -0.39 is 11.8 Å².